The van der Waals surface area contributed by atoms with Crippen molar-refractivity contribution in [1.29, 1.82) is 0 Å². The van der Waals surface area contributed by atoms with E-state index in [0.717, 1.165) is 0 Å². The monoisotopic (exact) mass is 310 g/mol. The van der Waals surface area contributed by atoms with Crippen molar-refractivity contribution >= 4 is 0 Å². The second-order valence-electron chi connectivity index (χ2n) is 4.87. The lowest BCUT2D eigenvalue weighted by Crippen LogP contribution is -2.34. The minimum absolute atomic E-state index is 0.213. The van der Waals surface area contributed by atoms with E-state index in [0.29, 0.717) is 19.4 Å². The van der Waals surface area contributed by atoms with Gasteiger partial charge in [0.25, 0.3) is 0 Å². The predicted molar refractivity (Wildman–Crippen MR) is 68.7 cm³/mol. The molecule has 2 atom stereocenters. The van der Waals surface area contributed by atoms with Gasteiger partial charge in [0.15, 0.2) is 6.10 Å². The molecule has 1 heterocycles. The van der Waals surface area contributed by atoms with E-state index in [-0.39, 0.29) is 11.7 Å². The molecule has 0 aromatic carbocycles. The van der Waals surface area contributed by atoms with E-state index >= 15 is 0 Å². The highest BCUT2D eigenvalue weighted by Gasteiger charge is 2.45. The third-order valence-electron chi connectivity index (χ3n) is 3.61. The molecule has 0 aliphatic heterocycles. The van der Waals surface area contributed by atoms with Crippen molar-refractivity contribution in [3.63, 3.8) is 0 Å². The molecule has 0 saturated carbocycles. The van der Waals surface area contributed by atoms with Gasteiger partial charge in [-0.25, -0.2) is 0 Å². The Morgan fingerprint density at radius 1 is 1.24 bits per heavy atom. The summed E-state index contributed by atoms with van der Waals surface area (Å²) in [6.07, 6.45) is -6.16. The van der Waals surface area contributed by atoms with Gasteiger partial charge in [-0.1, -0.05) is 25.9 Å². The molecule has 1 N–H and O–H groups in total. The highest BCUT2D eigenvalue weighted by Crippen LogP contribution is 2.34. The van der Waals surface area contributed by atoms with Crippen LogP contribution in [0.15, 0.2) is 4.52 Å². The number of aromatic nitrogens is 2. The molecule has 0 aliphatic carbocycles. The Morgan fingerprint density at radius 3 is 2.24 bits per heavy atom. The number of hydrogen-bond donors (Lipinski definition) is 1. The maximum atomic E-state index is 12.5. The van der Waals surface area contributed by atoms with Crippen LogP contribution in [-0.4, -0.2) is 34.1 Å². The lowest BCUT2D eigenvalue weighted by molar-refractivity contribution is -0.210. The molecule has 0 aliphatic rings. The average molecular weight is 310 g/mol. The minimum Gasteiger partial charge on any atom is -0.383 e. The Labute approximate surface area is 121 Å². The molecule has 0 saturated heterocycles. The van der Waals surface area contributed by atoms with Gasteiger partial charge < -0.3 is 14.4 Å². The highest BCUT2D eigenvalue weighted by atomic mass is 19.4. The first-order valence-electron chi connectivity index (χ1n) is 6.94. The number of nitrogens with zero attached hydrogens (tertiary/aromatic N) is 2. The molecule has 0 spiro atoms. The highest BCUT2D eigenvalue weighted by molar-refractivity contribution is 5.04. The van der Waals surface area contributed by atoms with E-state index in [1.54, 1.807) is 0 Å². The van der Waals surface area contributed by atoms with Crippen molar-refractivity contribution in [3.8, 4) is 0 Å². The van der Waals surface area contributed by atoms with Crippen LogP contribution in [0, 0.1) is 0 Å². The van der Waals surface area contributed by atoms with Crippen LogP contribution < -0.4 is 0 Å². The van der Waals surface area contributed by atoms with Crippen molar-refractivity contribution in [1.82, 2.24) is 10.1 Å². The largest absolute Gasteiger partial charge is 0.415 e. The van der Waals surface area contributed by atoms with Crippen molar-refractivity contribution in [2.24, 2.45) is 0 Å². The summed E-state index contributed by atoms with van der Waals surface area (Å²) in [6, 6.07) is 0. The van der Waals surface area contributed by atoms with E-state index < -0.39 is 23.8 Å². The number of aliphatic hydroxyl groups excluding tert-OH is 1. The molecule has 122 valence electrons. The summed E-state index contributed by atoms with van der Waals surface area (Å²) in [6.45, 7) is 7.19. The first-order valence-corrected chi connectivity index (χ1v) is 6.94. The van der Waals surface area contributed by atoms with Crippen LogP contribution >= 0.6 is 0 Å². The van der Waals surface area contributed by atoms with Crippen LogP contribution in [-0.2, 0) is 10.3 Å². The van der Waals surface area contributed by atoms with Crippen LogP contribution in [0.25, 0.3) is 0 Å². The summed E-state index contributed by atoms with van der Waals surface area (Å²) in [5, 5.41) is 13.0. The zero-order valence-electron chi connectivity index (χ0n) is 12.6. The smallest absolute Gasteiger partial charge is 0.383 e. The molecule has 21 heavy (non-hydrogen) atoms. The van der Waals surface area contributed by atoms with Crippen molar-refractivity contribution in [2.45, 2.75) is 64.3 Å². The van der Waals surface area contributed by atoms with Crippen LogP contribution in [0.2, 0.25) is 0 Å². The molecule has 8 heteroatoms. The maximum Gasteiger partial charge on any atom is 0.415 e. The van der Waals surface area contributed by atoms with E-state index in [4.69, 9.17) is 9.26 Å². The zero-order chi connectivity index (χ0) is 16.3. The average Bonchev–Trinajstić information content (AvgIpc) is 2.92. The van der Waals surface area contributed by atoms with E-state index in [2.05, 4.69) is 10.1 Å². The summed E-state index contributed by atoms with van der Waals surface area (Å²) in [5.74, 6) is -1.37. The fourth-order valence-corrected chi connectivity index (χ4v) is 2.13. The number of alkyl halides is 3. The molecule has 0 amide bonds. The van der Waals surface area contributed by atoms with Gasteiger partial charge in [0.05, 0.1) is 5.92 Å². The number of ether oxygens (including phenoxy) is 1. The SMILES string of the molecule is CCOC(CC)(CC)c1noc(C(C)C(O)C(F)(F)F)n1. The second kappa shape index (κ2) is 6.74. The molecule has 1 aromatic rings. The standard InChI is InChI=1S/C13H21F3N2O3/c1-5-12(6-2,20-7-3)11-17-10(21-18-11)8(4)9(19)13(14,15)16/h8-9,19H,5-7H2,1-4H3. The van der Waals surface area contributed by atoms with Crippen LogP contribution in [0.1, 0.15) is 58.2 Å². The van der Waals surface area contributed by atoms with Gasteiger partial charge in [-0.15, -0.1) is 0 Å². The van der Waals surface area contributed by atoms with Gasteiger partial charge in [0, 0.05) is 6.61 Å². The Morgan fingerprint density at radius 2 is 1.81 bits per heavy atom. The van der Waals surface area contributed by atoms with Crippen molar-refractivity contribution < 1.29 is 27.5 Å². The number of rotatable bonds is 7. The summed E-state index contributed by atoms with van der Waals surface area (Å²) >= 11 is 0. The Hall–Kier alpha value is -1.15. The summed E-state index contributed by atoms with van der Waals surface area (Å²) < 4.78 is 48.1. The minimum atomic E-state index is -4.74. The van der Waals surface area contributed by atoms with Crippen LogP contribution in [0.4, 0.5) is 13.2 Å². The molecule has 1 rings (SSSR count). The van der Waals surface area contributed by atoms with E-state index in [1.807, 2.05) is 20.8 Å². The lowest BCUT2D eigenvalue weighted by atomic mass is 9.96. The molecule has 1 aromatic heterocycles. The Balaban J connectivity index is 3.04. The third kappa shape index (κ3) is 3.74. The fourth-order valence-electron chi connectivity index (χ4n) is 2.13. The zero-order valence-corrected chi connectivity index (χ0v) is 12.6. The molecule has 2 unspecified atom stereocenters. The van der Waals surface area contributed by atoms with Gasteiger partial charge in [0.2, 0.25) is 11.7 Å². The third-order valence-corrected chi connectivity index (χ3v) is 3.61. The van der Waals surface area contributed by atoms with Gasteiger partial charge in [-0.05, 0) is 19.8 Å². The number of aliphatic hydroxyl groups is 1. The predicted octanol–water partition coefficient (Wildman–Crippen LogP) is 3.15. The first-order chi connectivity index (χ1) is 9.71. The molecule has 0 radical (unpaired) electrons. The van der Waals surface area contributed by atoms with E-state index in [1.165, 1.54) is 6.92 Å². The van der Waals surface area contributed by atoms with Gasteiger partial charge in [-0.3, -0.25) is 0 Å². The van der Waals surface area contributed by atoms with Gasteiger partial charge in [-0.2, -0.15) is 18.2 Å². The normalized spacial score (nSPS) is 16.0. The number of hydrogen-bond acceptors (Lipinski definition) is 5. The molecule has 5 nitrogen and oxygen atoms in total. The maximum absolute atomic E-state index is 12.5. The number of halogens is 3. The van der Waals surface area contributed by atoms with Gasteiger partial charge >= 0.3 is 6.18 Å². The second-order valence-corrected chi connectivity index (χ2v) is 4.87. The Kier molecular flexibility index (Phi) is 5.75. The molecular weight excluding hydrogens is 289 g/mol. The van der Waals surface area contributed by atoms with Crippen LogP contribution in [0.3, 0.4) is 0 Å². The quantitative estimate of drug-likeness (QED) is 0.838. The fraction of sp³-hybridized carbons (Fsp3) is 0.846. The van der Waals surface area contributed by atoms with Crippen molar-refractivity contribution in [2.75, 3.05) is 6.61 Å². The van der Waals surface area contributed by atoms with Crippen molar-refractivity contribution in [3.05, 3.63) is 11.7 Å². The summed E-state index contributed by atoms with van der Waals surface area (Å²) in [7, 11) is 0. The summed E-state index contributed by atoms with van der Waals surface area (Å²) in [5.41, 5.74) is -0.778. The van der Waals surface area contributed by atoms with Gasteiger partial charge in [0.1, 0.15) is 5.60 Å². The van der Waals surface area contributed by atoms with E-state index in [9.17, 15) is 18.3 Å². The first kappa shape index (κ1) is 17.9. The topological polar surface area (TPSA) is 68.4 Å². The summed E-state index contributed by atoms with van der Waals surface area (Å²) in [4.78, 5) is 4.01. The lowest BCUT2D eigenvalue weighted by Gasteiger charge is -2.27. The molecule has 0 bridgehead atoms. The molecule has 0 fully saturated rings. The van der Waals surface area contributed by atoms with Crippen LogP contribution in [0.5, 0.6) is 0 Å². The Bertz CT molecular complexity index is 444. The molecular formula is C13H21F3N2O3.